The predicted octanol–water partition coefficient (Wildman–Crippen LogP) is 11.9. The summed E-state index contributed by atoms with van der Waals surface area (Å²) in [4.78, 5) is 2.28. The average Bonchev–Trinajstić information content (AvgIpc) is 3.43. The van der Waals surface area contributed by atoms with Gasteiger partial charge < -0.3 is 27.9 Å². The highest BCUT2D eigenvalue weighted by molar-refractivity contribution is 7.79. The number of benzene rings is 9. The Bertz CT molecular complexity index is 2760. The molecule has 9 rings (SSSR count). The third-order valence-corrected chi connectivity index (χ3v) is 20.6. The van der Waals surface area contributed by atoms with Gasteiger partial charge in [-0.15, -0.1) is 0 Å². The van der Waals surface area contributed by atoms with Gasteiger partial charge in [-0.2, -0.15) is 0 Å². The first-order valence-electron chi connectivity index (χ1n) is 23.3. The van der Waals surface area contributed by atoms with E-state index < -0.39 is 21.4 Å². The third kappa shape index (κ3) is 11.2. The molecule has 10 heteroatoms. The van der Waals surface area contributed by atoms with Gasteiger partial charge in [-0.1, -0.05) is 237 Å². The smallest absolute Gasteiger partial charge is 0.178 e. The molecule has 0 saturated carbocycles. The molecule has 0 atom stereocenters. The van der Waals surface area contributed by atoms with Crippen molar-refractivity contribution >= 4 is 53.3 Å². The van der Waals surface area contributed by atoms with Crippen molar-refractivity contribution in [1.29, 1.82) is 0 Å². The maximum absolute atomic E-state index is 15.1. The summed E-state index contributed by atoms with van der Waals surface area (Å²) in [7, 11) is -9.64. The molecule has 0 heterocycles. The van der Waals surface area contributed by atoms with Gasteiger partial charge in [0.2, 0.25) is 0 Å². The molecule has 0 aliphatic carbocycles. The Kier molecular flexibility index (Phi) is 15.5. The van der Waals surface area contributed by atoms with Crippen molar-refractivity contribution < 1.29 is 27.9 Å². The fraction of sp³-hybridized carbons (Fsp3) is 0.100. The van der Waals surface area contributed by atoms with Crippen molar-refractivity contribution in [3.05, 3.63) is 271 Å². The molecule has 7 nitrogen and oxygen atoms in total. The van der Waals surface area contributed by atoms with E-state index in [1.807, 2.05) is 255 Å². The molecule has 0 unspecified atom stereocenters. The van der Waals surface area contributed by atoms with Crippen LogP contribution in [0.4, 0.5) is 0 Å². The van der Waals surface area contributed by atoms with Crippen molar-refractivity contribution in [2.24, 2.45) is 0 Å². The van der Waals surface area contributed by atoms with Crippen LogP contribution in [0.1, 0.15) is 16.7 Å². The van der Waals surface area contributed by atoms with Crippen molar-refractivity contribution in [2.45, 2.75) is 19.6 Å². The molecule has 0 spiro atoms. The number of para-hydroxylation sites is 3. The molecule has 0 N–H and O–H groups in total. The van der Waals surface area contributed by atoms with Gasteiger partial charge in [0.05, 0.1) is 0 Å². The number of hydrogen-bond acceptors (Lipinski definition) is 7. The van der Waals surface area contributed by atoms with Crippen LogP contribution < -0.4 is 46.0 Å². The number of nitrogens with zero attached hydrogens (tertiary/aromatic N) is 1. The van der Waals surface area contributed by atoms with E-state index in [0.29, 0.717) is 36.9 Å². The molecule has 0 bridgehead atoms. The SMILES string of the molecule is O=P(COc1ccccc1CN(Cc1ccccc1OCP(=O)(c1ccccc1)c1ccccc1)Cc1ccccc1OCP(=O)(c1ccccc1)c1ccccc1)(c1ccccc1)c1ccccc1. The van der Waals surface area contributed by atoms with Crippen molar-refractivity contribution in [3.8, 4) is 17.2 Å². The highest BCUT2D eigenvalue weighted by atomic mass is 31.2. The van der Waals surface area contributed by atoms with Crippen LogP contribution in [0, 0.1) is 0 Å². The summed E-state index contributed by atoms with van der Waals surface area (Å²) in [5, 5.41) is 4.34. The zero-order valence-electron chi connectivity index (χ0n) is 38.7. The van der Waals surface area contributed by atoms with Crippen LogP contribution >= 0.6 is 21.4 Å². The lowest BCUT2D eigenvalue weighted by molar-refractivity contribution is 0.234. The molecule has 0 aromatic heterocycles. The summed E-state index contributed by atoms with van der Waals surface area (Å²) in [6.07, 6.45) is -0.0918. The Labute approximate surface area is 411 Å². The normalized spacial score (nSPS) is 11.8. The standard InChI is InChI=1S/C60H54NO6P3/c62-68(52-28-7-1-8-29-52,53-30-9-2-10-31-53)46-65-58-40-22-19-25-49(58)43-61(44-50-26-20-23-41-59(50)66-47-69(63,54-32-11-3-12-33-54)55-34-13-4-14-35-55)45-51-27-21-24-42-60(51)67-48-70(64,56-36-15-5-16-37-56)57-38-17-6-18-39-57/h1-42H,43-48H2. The van der Waals surface area contributed by atoms with Gasteiger partial charge in [0, 0.05) is 68.2 Å². The molecule has 0 aliphatic rings. The zero-order chi connectivity index (χ0) is 48.1. The highest BCUT2D eigenvalue weighted by Crippen LogP contribution is 2.46. The molecule has 0 radical (unpaired) electrons. The van der Waals surface area contributed by atoms with Crippen molar-refractivity contribution in [3.63, 3.8) is 0 Å². The van der Waals surface area contributed by atoms with E-state index >= 15 is 13.7 Å². The van der Waals surface area contributed by atoms with Gasteiger partial charge in [-0.3, -0.25) is 4.90 Å². The fourth-order valence-electron chi connectivity index (χ4n) is 8.60. The van der Waals surface area contributed by atoms with Crippen LogP contribution in [-0.2, 0) is 33.3 Å². The molecule has 9 aromatic rings. The number of hydrogen-bond donors (Lipinski definition) is 0. The van der Waals surface area contributed by atoms with Gasteiger partial charge in [0.15, 0.2) is 21.4 Å². The monoisotopic (exact) mass is 977 g/mol. The van der Waals surface area contributed by atoms with Crippen LogP contribution in [0.2, 0.25) is 0 Å². The average molecular weight is 978 g/mol. The van der Waals surface area contributed by atoms with E-state index in [1.165, 1.54) is 0 Å². The second-order valence-electron chi connectivity index (χ2n) is 17.0. The lowest BCUT2D eigenvalue weighted by Crippen LogP contribution is -2.25. The first-order chi connectivity index (χ1) is 34.3. The minimum Gasteiger partial charge on any atom is -0.485 e. The lowest BCUT2D eigenvalue weighted by Gasteiger charge is -2.27. The molecule has 0 aliphatic heterocycles. The lowest BCUT2D eigenvalue weighted by atomic mass is 10.1. The van der Waals surface area contributed by atoms with Gasteiger partial charge in [-0.25, -0.2) is 0 Å². The molecule has 9 aromatic carbocycles. The van der Waals surface area contributed by atoms with Crippen LogP contribution in [0.3, 0.4) is 0 Å². The van der Waals surface area contributed by atoms with E-state index in [0.717, 1.165) is 48.5 Å². The molecule has 0 amide bonds. The maximum Gasteiger partial charge on any atom is 0.178 e. The largest absolute Gasteiger partial charge is 0.485 e. The first-order valence-corrected chi connectivity index (χ1v) is 28.9. The Morgan fingerprint density at radius 2 is 0.443 bits per heavy atom. The summed E-state index contributed by atoms with van der Waals surface area (Å²) in [6, 6.07) is 80.9. The van der Waals surface area contributed by atoms with E-state index in [1.54, 1.807) is 0 Å². The molecule has 350 valence electrons. The minimum atomic E-state index is -3.21. The second kappa shape index (κ2) is 22.6. The molecule has 70 heavy (non-hydrogen) atoms. The Morgan fingerprint density at radius 3 is 0.657 bits per heavy atom. The first kappa shape index (κ1) is 48.1. The van der Waals surface area contributed by atoms with Gasteiger partial charge in [0.25, 0.3) is 0 Å². The van der Waals surface area contributed by atoms with Crippen molar-refractivity contribution in [2.75, 3.05) is 19.0 Å². The van der Waals surface area contributed by atoms with Crippen molar-refractivity contribution in [1.82, 2.24) is 4.90 Å². The van der Waals surface area contributed by atoms with E-state index in [-0.39, 0.29) is 19.0 Å². The zero-order valence-corrected chi connectivity index (χ0v) is 41.4. The quantitative estimate of drug-likeness (QED) is 0.0663. The van der Waals surface area contributed by atoms with Crippen LogP contribution in [0.25, 0.3) is 0 Å². The van der Waals surface area contributed by atoms with Gasteiger partial charge in [0.1, 0.15) is 36.3 Å². The van der Waals surface area contributed by atoms with E-state index in [9.17, 15) is 0 Å². The van der Waals surface area contributed by atoms with Crippen LogP contribution in [-0.4, -0.2) is 23.9 Å². The summed E-state index contributed by atoms with van der Waals surface area (Å²) in [6.45, 7) is 1.25. The number of ether oxygens (including phenoxy) is 3. The molecule has 0 fully saturated rings. The van der Waals surface area contributed by atoms with Crippen LogP contribution in [0.15, 0.2) is 255 Å². The fourth-order valence-corrected chi connectivity index (χ4v) is 15.3. The van der Waals surface area contributed by atoms with Gasteiger partial charge >= 0.3 is 0 Å². The Hall–Kier alpha value is -6.97. The number of rotatable bonds is 21. The summed E-state index contributed by atoms with van der Waals surface area (Å²) in [5.41, 5.74) is 2.67. The van der Waals surface area contributed by atoms with E-state index in [2.05, 4.69) is 4.90 Å². The minimum absolute atomic E-state index is 0.0306. The van der Waals surface area contributed by atoms with Crippen LogP contribution in [0.5, 0.6) is 17.2 Å². The van der Waals surface area contributed by atoms with E-state index in [4.69, 9.17) is 14.2 Å². The highest BCUT2D eigenvalue weighted by Gasteiger charge is 2.31. The molecular weight excluding hydrogens is 924 g/mol. The molecular formula is C60H54NO6P3. The summed E-state index contributed by atoms with van der Waals surface area (Å²) >= 11 is 0. The topological polar surface area (TPSA) is 82.1 Å². The third-order valence-electron chi connectivity index (χ3n) is 12.3. The summed E-state index contributed by atoms with van der Waals surface area (Å²) < 4.78 is 65.3. The Balaban J connectivity index is 1.04. The maximum atomic E-state index is 15.1. The molecule has 0 saturated heterocycles. The Morgan fingerprint density at radius 1 is 0.257 bits per heavy atom. The van der Waals surface area contributed by atoms with Gasteiger partial charge in [-0.05, 0) is 18.2 Å². The second-order valence-corrected chi connectivity index (χ2v) is 25.3. The summed E-state index contributed by atoms with van der Waals surface area (Å²) in [5.74, 6) is 1.85. The predicted molar refractivity (Wildman–Crippen MR) is 288 cm³/mol.